The van der Waals surface area contributed by atoms with E-state index < -0.39 is 23.9 Å². The number of hydrogen-bond acceptors (Lipinski definition) is 3. The molecular formula is C18H17F5N4. The van der Waals surface area contributed by atoms with Gasteiger partial charge in [0.1, 0.15) is 23.5 Å². The molecule has 4 nitrogen and oxygen atoms in total. The number of fused-ring (bicyclic) bond motifs is 1. The summed E-state index contributed by atoms with van der Waals surface area (Å²) in [4.78, 5) is 4.87. The number of benzene rings is 1. The molecular weight excluding hydrogens is 367 g/mol. The number of halogens is 5. The molecule has 0 radical (unpaired) electrons. The quantitative estimate of drug-likeness (QED) is 0.778. The Balaban J connectivity index is 1.61. The van der Waals surface area contributed by atoms with Crippen LogP contribution in [0.15, 0.2) is 36.2 Å². The van der Waals surface area contributed by atoms with Crippen molar-refractivity contribution in [3.8, 4) is 11.3 Å². The zero-order valence-electron chi connectivity index (χ0n) is 14.4. The van der Waals surface area contributed by atoms with E-state index >= 15 is 0 Å². The van der Waals surface area contributed by atoms with E-state index in [4.69, 9.17) is 0 Å². The van der Waals surface area contributed by atoms with E-state index in [0.29, 0.717) is 31.0 Å². The van der Waals surface area contributed by atoms with Crippen molar-refractivity contribution in [2.24, 2.45) is 0 Å². The molecule has 2 aliphatic rings. The number of rotatable bonds is 2. The number of aromatic amines is 1. The van der Waals surface area contributed by atoms with Crippen molar-refractivity contribution >= 4 is 0 Å². The summed E-state index contributed by atoms with van der Waals surface area (Å²) in [5.41, 5.74) is 4.23. The van der Waals surface area contributed by atoms with E-state index in [1.807, 2.05) is 4.90 Å². The van der Waals surface area contributed by atoms with Gasteiger partial charge in [-0.05, 0) is 29.8 Å². The molecule has 2 aromatic rings. The van der Waals surface area contributed by atoms with Gasteiger partial charge in [0.15, 0.2) is 0 Å². The van der Waals surface area contributed by atoms with Crippen LogP contribution in [0.2, 0.25) is 0 Å². The van der Waals surface area contributed by atoms with E-state index in [-0.39, 0.29) is 5.56 Å². The average molecular weight is 384 g/mol. The highest BCUT2D eigenvalue weighted by Crippen LogP contribution is 2.33. The van der Waals surface area contributed by atoms with Crippen LogP contribution in [0.25, 0.3) is 11.3 Å². The molecule has 0 amide bonds. The molecule has 1 atom stereocenters. The lowest BCUT2D eigenvalue weighted by molar-refractivity contribution is -0.149. The van der Waals surface area contributed by atoms with E-state index in [1.165, 1.54) is 30.3 Å². The molecule has 4 rings (SSSR count). The van der Waals surface area contributed by atoms with Crippen molar-refractivity contribution in [1.29, 1.82) is 0 Å². The number of hydrogen-bond donors (Lipinski definition) is 2. The van der Waals surface area contributed by atoms with Crippen LogP contribution in [0.1, 0.15) is 11.3 Å². The predicted octanol–water partition coefficient (Wildman–Crippen LogP) is 3.54. The first-order valence-corrected chi connectivity index (χ1v) is 8.42. The molecule has 0 aliphatic carbocycles. The van der Waals surface area contributed by atoms with Gasteiger partial charge in [0.25, 0.3) is 0 Å². The number of nitrogens with zero attached hydrogens (tertiary/aromatic N) is 2. The van der Waals surface area contributed by atoms with Gasteiger partial charge in [0.05, 0.1) is 11.3 Å². The van der Waals surface area contributed by atoms with E-state index in [9.17, 15) is 22.0 Å². The van der Waals surface area contributed by atoms with Crippen molar-refractivity contribution in [3.05, 3.63) is 59.1 Å². The Hall–Kier alpha value is -2.55. The average Bonchev–Trinajstić information content (AvgIpc) is 3.17. The second-order valence-corrected chi connectivity index (χ2v) is 6.69. The van der Waals surface area contributed by atoms with Crippen LogP contribution in [-0.4, -0.2) is 40.7 Å². The molecule has 3 heterocycles. The summed E-state index contributed by atoms with van der Waals surface area (Å²) in [5.74, 6) is -0.899. The van der Waals surface area contributed by atoms with Crippen molar-refractivity contribution in [2.45, 2.75) is 25.2 Å². The van der Waals surface area contributed by atoms with Gasteiger partial charge in [-0.15, -0.1) is 0 Å². The molecule has 1 aromatic carbocycles. The minimum absolute atomic E-state index is 0.130. The van der Waals surface area contributed by atoms with Crippen LogP contribution in [0.4, 0.5) is 22.0 Å². The third kappa shape index (κ3) is 3.16. The number of H-pyrrole nitrogens is 1. The Morgan fingerprint density at radius 2 is 1.85 bits per heavy atom. The van der Waals surface area contributed by atoms with Gasteiger partial charge in [-0.1, -0.05) is 6.07 Å². The molecule has 2 aliphatic heterocycles. The summed E-state index contributed by atoms with van der Waals surface area (Å²) in [5, 5.41) is 1.35. The Morgan fingerprint density at radius 3 is 2.48 bits per heavy atom. The summed E-state index contributed by atoms with van der Waals surface area (Å²) < 4.78 is 66.9. The first-order valence-electron chi connectivity index (χ1n) is 8.42. The lowest BCUT2D eigenvalue weighted by Crippen LogP contribution is -2.44. The molecule has 144 valence electrons. The second-order valence-electron chi connectivity index (χ2n) is 6.69. The predicted molar refractivity (Wildman–Crippen MR) is 89.1 cm³/mol. The topological polar surface area (TPSA) is 34.3 Å². The highest BCUT2D eigenvalue weighted by Gasteiger charge is 2.43. The Bertz CT molecular complexity index is 881. The minimum Gasteiger partial charge on any atom is -0.358 e. The summed E-state index contributed by atoms with van der Waals surface area (Å²) in [6.45, 7) is 0.847. The largest absolute Gasteiger partial charge is 0.409 e. The minimum atomic E-state index is -4.37. The fourth-order valence-electron chi connectivity index (χ4n) is 3.58. The van der Waals surface area contributed by atoms with Gasteiger partial charge >= 0.3 is 6.18 Å². The number of hydrazine groups is 1. The number of aromatic nitrogens is 1. The van der Waals surface area contributed by atoms with Gasteiger partial charge in [-0.25, -0.2) is 14.2 Å². The van der Waals surface area contributed by atoms with Crippen molar-refractivity contribution in [3.63, 3.8) is 0 Å². The van der Waals surface area contributed by atoms with Crippen molar-refractivity contribution in [2.75, 3.05) is 13.6 Å². The number of nitrogens with one attached hydrogen (secondary N) is 2. The fraction of sp³-hybridized carbons (Fsp3) is 0.333. The molecule has 1 aromatic heterocycles. The maximum atomic E-state index is 14.0. The molecule has 2 N–H and O–H groups in total. The molecule has 27 heavy (non-hydrogen) atoms. The molecule has 0 saturated carbocycles. The molecule has 0 saturated heterocycles. The maximum absolute atomic E-state index is 14.0. The Kier molecular flexibility index (Phi) is 4.14. The van der Waals surface area contributed by atoms with E-state index in [0.717, 1.165) is 17.3 Å². The molecule has 0 spiro atoms. The van der Waals surface area contributed by atoms with Gasteiger partial charge in [-0.3, -0.25) is 5.01 Å². The maximum Gasteiger partial charge on any atom is 0.409 e. The molecule has 9 heteroatoms. The van der Waals surface area contributed by atoms with E-state index in [2.05, 4.69) is 10.4 Å². The standard InChI is InChI=1S/C18H17F5N4/c1-26-16(8-15(25-26)18(21,22)23)27-6-5-13-10(9-27)7-14(24-13)17-11(19)3-2-4-12(17)20/h2-4,7-8,15,24-25H,5-6,9H2,1H3. The summed E-state index contributed by atoms with van der Waals surface area (Å²) >= 11 is 0. The van der Waals surface area contributed by atoms with Gasteiger partial charge in [-0.2, -0.15) is 13.2 Å². The molecule has 0 fully saturated rings. The van der Waals surface area contributed by atoms with Crippen molar-refractivity contribution in [1.82, 2.24) is 20.3 Å². The van der Waals surface area contributed by atoms with Crippen LogP contribution in [0.5, 0.6) is 0 Å². The summed E-state index contributed by atoms with van der Waals surface area (Å²) in [6, 6.07) is 3.60. The smallest absolute Gasteiger partial charge is 0.358 e. The number of alkyl halides is 3. The van der Waals surface area contributed by atoms with E-state index in [1.54, 1.807) is 6.07 Å². The first-order chi connectivity index (χ1) is 12.7. The van der Waals surface area contributed by atoms with Gasteiger partial charge in [0.2, 0.25) is 0 Å². The fourth-order valence-corrected chi connectivity index (χ4v) is 3.58. The molecule has 1 unspecified atom stereocenters. The van der Waals surface area contributed by atoms with Crippen LogP contribution in [-0.2, 0) is 13.0 Å². The Morgan fingerprint density at radius 1 is 1.15 bits per heavy atom. The lowest BCUT2D eigenvalue weighted by atomic mass is 10.1. The first kappa shape index (κ1) is 17.8. The molecule has 0 bridgehead atoms. The van der Waals surface area contributed by atoms with Gasteiger partial charge in [0, 0.05) is 32.3 Å². The Labute approximate surface area is 152 Å². The SMILES string of the molecule is CN1NC(C(F)(F)F)C=C1N1CCc2[nH]c(-c3c(F)cccc3F)cc2C1. The van der Waals surface area contributed by atoms with Crippen LogP contribution in [0, 0.1) is 11.6 Å². The normalized spacial score (nSPS) is 20.1. The summed E-state index contributed by atoms with van der Waals surface area (Å²) in [7, 11) is 1.53. The monoisotopic (exact) mass is 384 g/mol. The highest BCUT2D eigenvalue weighted by molar-refractivity contribution is 5.63. The van der Waals surface area contributed by atoms with Crippen LogP contribution < -0.4 is 5.43 Å². The van der Waals surface area contributed by atoms with Crippen LogP contribution >= 0.6 is 0 Å². The highest BCUT2D eigenvalue weighted by atomic mass is 19.4. The van der Waals surface area contributed by atoms with Crippen LogP contribution in [0.3, 0.4) is 0 Å². The third-order valence-electron chi connectivity index (χ3n) is 4.89. The zero-order valence-corrected chi connectivity index (χ0v) is 14.4. The summed E-state index contributed by atoms with van der Waals surface area (Å²) in [6.07, 6.45) is -2.69. The van der Waals surface area contributed by atoms with Gasteiger partial charge < -0.3 is 9.88 Å². The van der Waals surface area contributed by atoms with Crippen molar-refractivity contribution < 1.29 is 22.0 Å². The third-order valence-corrected chi connectivity index (χ3v) is 4.89. The zero-order chi connectivity index (χ0) is 19.3. The lowest BCUT2D eigenvalue weighted by Gasteiger charge is -2.33. The second kappa shape index (κ2) is 6.26.